The zero-order chi connectivity index (χ0) is 10.1. The zero-order valence-corrected chi connectivity index (χ0v) is 8.40. The molecule has 0 bridgehead atoms. The molecule has 3 aromatic rings. The lowest BCUT2D eigenvalue weighted by atomic mass is 10.2. The second-order valence-electron chi connectivity index (χ2n) is 2.88. The van der Waals surface area contributed by atoms with Crippen molar-refractivity contribution in [1.82, 2.24) is 10.1 Å². The van der Waals surface area contributed by atoms with Gasteiger partial charge in [0.1, 0.15) is 11.8 Å². The molecular weight excluding hydrogens is 212 g/mol. The van der Waals surface area contributed by atoms with Crippen molar-refractivity contribution in [3.8, 4) is 22.1 Å². The van der Waals surface area contributed by atoms with Crippen molar-refractivity contribution in [2.24, 2.45) is 0 Å². The molecule has 3 heterocycles. The van der Waals surface area contributed by atoms with E-state index in [1.807, 2.05) is 17.5 Å². The van der Waals surface area contributed by atoms with Crippen molar-refractivity contribution < 1.29 is 8.94 Å². The Morgan fingerprint density at radius 3 is 3.07 bits per heavy atom. The van der Waals surface area contributed by atoms with E-state index in [1.165, 1.54) is 6.26 Å². The Bertz CT molecular complexity index is 491. The van der Waals surface area contributed by atoms with Crippen molar-refractivity contribution in [3.05, 3.63) is 36.2 Å². The summed E-state index contributed by atoms with van der Waals surface area (Å²) in [6, 6.07) is 3.93. The van der Waals surface area contributed by atoms with Crippen LogP contribution in [-0.4, -0.2) is 10.1 Å². The van der Waals surface area contributed by atoms with E-state index in [-0.39, 0.29) is 0 Å². The third-order valence-corrected chi connectivity index (χ3v) is 2.85. The summed E-state index contributed by atoms with van der Waals surface area (Å²) in [6.07, 6.45) is 4.74. The standard InChI is InChI=1S/C10H6N2O2S/c1-2-8(15-5-1)9-7(6-12-14-9)10-11-3-4-13-10/h1-6H. The van der Waals surface area contributed by atoms with E-state index in [1.54, 1.807) is 23.7 Å². The number of nitrogens with zero attached hydrogens (tertiary/aromatic N) is 2. The molecule has 0 N–H and O–H groups in total. The molecule has 0 aliphatic heterocycles. The van der Waals surface area contributed by atoms with Crippen LogP contribution in [-0.2, 0) is 0 Å². The fourth-order valence-electron chi connectivity index (χ4n) is 1.33. The van der Waals surface area contributed by atoms with E-state index in [4.69, 9.17) is 8.94 Å². The minimum atomic E-state index is 0.527. The number of hydrogen-bond donors (Lipinski definition) is 0. The van der Waals surface area contributed by atoms with Crippen LogP contribution in [0, 0.1) is 0 Å². The summed E-state index contributed by atoms with van der Waals surface area (Å²) in [5.41, 5.74) is 0.780. The van der Waals surface area contributed by atoms with Gasteiger partial charge in [0.15, 0.2) is 5.76 Å². The Labute approximate surface area is 89.2 Å². The van der Waals surface area contributed by atoms with Crippen LogP contribution in [0.15, 0.2) is 45.1 Å². The van der Waals surface area contributed by atoms with E-state index in [0.717, 1.165) is 10.4 Å². The van der Waals surface area contributed by atoms with Gasteiger partial charge < -0.3 is 8.94 Å². The third kappa shape index (κ3) is 1.37. The molecular formula is C10H6N2O2S. The van der Waals surface area contributed by atoms with E-state index < -0.39 is 0 Å². The van der Waals surface area contributed by atoms with Crippen molar-refractivity contribution >= 4 is 11.3 Å². The van der Waals surface area contributed by atoms with Crippen LogP contribution in [0.25, 0.3) is 22.1 Å². The van der Waals surface area contributed by atoms with Gasteiger partial charge in [-0.25, -0.2) is 4.98 Å². The van der Waals surface area contributed by atoms with Crippen LogP contribution < -0.4 is 0 Å². The molecule has 15 heavy (non-hydrogen) atoms. The molecule has 0 atom stereocenters. The lowest BCUT2D eigenvalue weighted by molar-refractivity contribution is 0.433. The summed E-state index contributed by atoms with van der Waals surface area (Å²) in [7, 11) is 0. The zero-order valence-electron chi connectivity index (χ0n) is 7.58. The van der Waals surface area contributed by atoms with Gasteiger partial charge in [0.2, 0.25) is 5.89 Å². The molecule has 74 valence electrons. The number of aromatic nitrogens is 2. The highest BCUT2D eigenvalue weighted by atomic mass is 32.1. The monoisotopic (exact) mass is 218 g/mol. The van der Waals surface area contributed by atoms with Crippen molar-refractivity contribution in [2.75, 3.05) is 0 Å². The number of oxazole rings is 1. The first kappa shape index (κ1) is 8.43. The van der Waals surface area contributed by atoms with Crippen molar-refractivity contribution in [3.63, 3.8) is 0 Å². The second-order valence-corrected chi connectivity index (χ2v) is 3.83. The maximum atomic E-state index is 5.21. The van der Waals surface area contributed by atoms with Crippen LogP contribution in [0.5, 0.6) is 0 Å². The second kappa shape index (κ2) is 3.36. The van der Waals surface area contributed by atoms with Crippen molar-refractivity contribution in [2.45, 2.75) is 0 Å². The van der Waals surface area contributed by atoms with E-state index in [2.05, 4.69) is 10.1 Å². The highest BCUT2D eigenvalue weighted by Gasteiger charge is 2.16. The molecule has 3 aromatic heterocycles. The highest BCUT2D eigenvalue weighted by Crippen LogP contribution is 2.33. The van der Waals surface area contributed by atoms with Gasteiger partial charge in [0.05, 0.1) is 17.3 Å². The quantitative estimate of drug-likeness (QED) is 0.663. The Balaban J connectivity index is 2.15. The molecule has 0 unspecified atom stereocenters. The molecule has 0 saturated heterocycles. The van der Waals surface area contributed by atoms with E-state index >= 15 is 0 Å². The van der Waals surface area contributed by atoms with Gasteiger partial charge in [-0.3, -0.25) is 0 Å². The largest absolute Gasteiger partial charge is 0.444 e. The van der Waals surface area contributed by atoms with Crippen LogP contribution >= 0.6 is 11.3 Å². The summed E-state index contributed by atoms with van der Waals surface area (Å²) >= 11 is 1.59. The summed E-state index contributed by atoms with van der Waals surface area (Å²) in [5.74, 6) is 1.23. The molecule has 0 fully saturated rings. The SMILES string of the molecule is c1csc(-c2oncc2-c2ncco2)c1. The maximum absolute atomic E-state index is 5.21. The van der Waals surface area contributed by atoms with Crippen LogP contribution in [0.2, 0.25) is 0 Å². The average Bonchev–Trinajstić information content (AvgIpc) is 3.01. The molecule has 0 spiro atoms. The lowest BCUT2D eigenvalue weighted by Gasteiger charge is -1.92. The summed E-state index contributed by atoms with van der Waals surface area (Å²) in [5, 5.41) is 5.75. The van der Waals surface area contributed by atoms with Gasteiger partial charge in [-0.2, -0.15) is 0 Å². The average molecular weight is 218 g/mol. The third-order valence-electron chi connectivity index (χ3n) is 1.98. The smallest absolute Gasteiger partial charge is 0.231 e. The molecule has 4 nitrogen and oxygen atoms in total. The normalized spacial score (nSPS) is 10.7. The maximum Gasteiger partial charge on any atom is 0.231 e. The molecule has 0 aliphatic carbocycles. The molecule has 0 saturated carbocycles. The van der Waals surface area contributed by atoms with Crippen molar-refractivity contribution in [1.29, 1.82) is 0 Å². The van der Waals surface area contributed by atoms with Gasteiger partial charge >= 0.3 is 0 Å². The number of thiophene rings is 1. The molecule has 0 aromatic carbocycles. The molecule has 3 rings (SSSR count). The van der Waals surface area contributed by atoms with Gasteiger partial charge in [-0.15, -0.1) is 11.3 Å². The van der Waals surface area contributed by atoms with E-state index in [0.29, 0.717) is 11.7 Å². The van der Waals surface area contributed by atoms with Gasteiger partial charge in [-0.1, -0.05) is 11.2 Å². The topological polar surface area (TPSA) is 52.1 Å². The van der Waals surface area contributed by atoms with E-state index in [9.17, 15) is 0 Å². The Morgan fingerprint density at radius 2 is 2.33 bits per heavy atom. The first-order valence-corrected chi connectivity index (χ1v) is 5.21. The minimum Gasteiger partial charge on any atom is -0.444 e. The van der Waals surface area contributed by atoms with Gasteiger partial charge in [0.25, 0.3) is 0 Å². The number of hydrogen-bond acceptors (Lipinski definition) is 5. The molecule has 5 heteroatoms. The summed E-state index contributed by atoms with van der Waals surface area (Å²) in [6.45, 7) is 0. The highest BCUT2D eigenvalue weighted by molar-refractivity contribution is 7.13. The fraction of sp³-hybridized carbons (Fsp3) is 0. The van der Waals surface area contributed by atoms with Gasteiger partial charge in [0, 0.05) is 0 Å². The van der Waals surface area contributed by atoms with Crippen LogP contribution in [0.4, 0.5) is 0 Å². The van der Waals surface area contributed by atoms with Gasteiger partial charge in [-0.05, 0) is 11.4 Å². The molecule has 0 radical (unpaired) electrons. The predicted molar refractivity (Wildman–Crippen MR) is 55.3 cm³/mol. The van der Waals surface area contributed by atoms with Crippen LogP contribution in [0.1, 0.15) is 0 Å². The first-order valence-electron chi connectivity index (χ1n) is 4.33. The Hall–Kier alpha value is -1.88. The molecule has 0 aliphatic rings. The summed E-state index contributed by atoms with van der Waals surface area (Å²) in [4.78, 5) is 5.08. The summed E-state index contributed by atoms with van der Waals surface area (Å²) < 4.78 is 10.4. The predicted octanol–water partition coefficient (Wildman–Crippen LogP) is 3.06. The minimum absolute atomic E-state index is 0.527. The fourth-order valence-corrected chi connectivity index (χ4v) is 2.05. The first-order chi connectivity index (χ1) is 7.45. The van der Waals surface area contributed by atoms with Crippen LogP contribution in [0.3, 0.4) is 0 Å². The Kier molecular flexibility index (Phi) is 1.89. The lowest BCUT2D eigenvalue weighted by Crippen LogP contribution is -1.75. The number of rotatable bonds is 2. The Morgan fingerprint density at radius 1 is 1.33 bits per heavy atom. The molecule has 0 amide bonds.